The predicted molar refractivity (Wildman–Crippen MR) is 143 cm³/mol. The van der Waals surface area contributed by atoms with E-state index in [9.17, 15) is 18.3 Å². The number of fused-ring (bicyclic) bond motifs is 4. The van der Waals surface area contributed by atoms with Crippen LogP contribution in [0.5, 0.6) is 0 Å². The van der Waals surface area contributed by atoms with Gasteiger partial charge in [0.2, 0.25) is 0 Å². The van der Waals surface area contributed by atoms with Gasteiger partial charge in [-0.1, -0.05) is 48.6 Å². The molecule has 1 aromatic carbocycles. The Morgan fingerprint density at radius 2 is 1.76 bits per heavy atom. The lowest BCUT2D eigenvalue weighted by Gasteiger charge is -2.37. The highest BCUT2D eigenvalue weighted by Crippen LogP contribution is 2.61. The zero-order valence-electron chi connectivity index (χ0n) is 21.3. The van der Waals surface area contributed by atoms with Gasteiger partial charge in [0.15, 0.2) is 6.10 Å². The zero-order chi connectivity index (χ0) is 26.2. The number of rotatable bonds is 2. The van der Waals surface area contributed by atoms with Gasteiger partial charge in [-0.3, -0.25) is 4.98 Å². The molecule has 8 heteroatoms. The van der Waals surface area contributed by atoms with E-state index in [1.807, 2.05) is 0 Å². The number of halogens is 4. The third-order valence-electron chi connectivity index (χ3n) is 8.81. The van der Waals surface area contributed by atoms with Crippen molar-refractivity contribution < 1.29 is 27.8 Å². The first kappa shape index (κ1) is 26.0. The molecule has 1 saturated heterocycles. The van der Waals surface area contributed by atoms with E-state index in [0.717, 1.165) is 90.7 Å². The summed E-state index contributed by atoms with van der Waals surface area (Å²) in [6, 6.07) is 5.47. The Morgan fingerprint density at radius 1 is 1.05 bits per heavy atom. The molecule has 1 aromatic heterocycles. The van der Waals surface area contributed by atoms with E-state index in [-0.39, 0.29) is 21.4 Å². The predicted octanol–water partition coefficient (Wildman–Crippen LogP) is 7.03. The maximum atomic E-state index is 13.4. The zero-order valence-corrected chi connectivity index (χ0v) is 23.4. The Balaban J connectivity index is 1.59. The Labute approximate surface area is 229 Å². The molecule has 0 radical (unpaired) electrons. The molecular weight excluding hydrogens is 594 g/mol. The molecule has 4 aliphatic rings. The number of aromatic nitrogens is 1. The van der Waals surface area contributed by atoms with E-state index in [2.05, 4.69) is 36.4 Å². The first-order valence-corrected chi connectivity index (χ1v) is 14.6. The van der Waals surface area contributed by atoms with E-state index in [1.54, 1.807) is 12.1 Å². The topological polar surface area (TPSA) is 54.2 Å². The molecule has 4 nitrogen and oxygen atoms in total. The van der Waals surface area contributed by atoms with Crippen LogP contribution in [0, 0.1) is 5.41 Å². The average Bonchev–Trinajstić information content (AvgIpc) is 3.38. The van der Waals surface area contributed by atoms with Gasteiger partial charge in [-0.05, 0) is 61.6 Å². The quantitative estimate of drug-likeness (QED) is 0.204. The van der Waals surface area contributed by atoms with Gasteiger partial charge in [0.05, 0.1) is 22.5 Å². The number of hydrogen-bond acceptors (Lipinski definition) is 3. The second-order valence-electron chi connectivity index (χ2n) is 12.0. The maximum Gasteiger partial charge on any atom is 0.416 e. The average molecular weight is 628 g/mol. The van der Waals surface area contributed by atoms with Crippen LogP contribution in [0.15, 0.2) is 24.3 Å². The molecule has 2 aromatic rings. The molecule has 1 spiro atoms. The smallest absolute Gasteiger partial charge is 0.416 e. The second-order valence-corrected chi connectivity index (χ2v) is 13.5. The van der Waals surface area contributed by atoms with Crippen molar-refractivity contribution in [2.45, 2.75) is 92.6 Å². The molecule has 2 fully saturated rings. The summed E-state index contributed by atoms with van der Waals surface area (Å²) in [6.45, 7) is 5.79. The van der Waals surface area contributed by atoms with Crippen LogP contribution in [0.1, 0.15) is 110 Å². The fourth-order valence-electron chi connectivity index (χ4n) is 7.13. The van der Waals surface area contributed by atoms with Crippen LogP contribution in [0.4, 0.5) is 13.2 Å². The molecule has 0 bridgehead atoms. The van der Waals surface area contributed by atoms with E-state index < -0.39 is 23.4 Å². The van der Waals surface area contributed by atoms with E-state index in [4.69, 9.17) is 14.5 Å². The van der Waals surface area contributed by atoms with Crippen molar-refractivity contribution in [2.24, 2.45) is 5.41 Å². The van der Waals surface area contributed by atoms with Crippen molar-refractivity contribution in [3.05, 3.63) is 63.5 Å². The van der Waals surface area contributed by atoms with E-state index in [1.165, 1.54) is 0 Å². The number of alkyl halides is 4. The van der Waals surface area contributed by atoms with Gasteiger partial charge in [0, 0.05) is 40.6 Å². The summed E-state index contributed by atoms with van der Waals surface area (Å²) >= 11 is 2.51. The minimum absolute atomic E-state index is 0.00749. The molecule has 3 heterocycles. The lowest BCUT2D eigenvalue weighted by Crippen LogP contribution is -2.36. The molecule has 2 N–H and O–H groups in total. The summed E-state index contributed by atoms with van der Waals surface area (Å²) in [5.41, 5.74) is 4.81. The summed E-state index contributed by atoms with van der Waals surface area (Å²) in [4.78, 5) is 5.33. The number of nitrogens with zero attached hydrogens (tertiary/aromatic N) is 1. The third kappa shape index (κ3) is 4.34. The van der Waals surface area contributed by atoms with Crippen LogP contribution in [-0.4, -0.2) is 27.2 Å². The summed E-state index contributed by atoms with van der Waals surface area (Å²) in [6.07, 6.45) is 0.994. The van der Waals surface area contributed by atoms with Crippen LogP contribution in [0.25, 0.3) is 0 Å². The highest BCUT2D eigenvalue weighted by molar-refractivity contribution is 14.1. The second kappa shape index (κ2) is 9.17. The van der Waals surface area contributed by atoms with E-state index >= 15 is 0 Å². The van der Waals surface area contributed by atoms with Gasteiger partial charge >= 0.3 is 6.18 Å². The molecule has 1 saturated carbocycles. The lowest BCUT2D eigenvalue weighted by atomic mass is 9.70. The minimum Gasteiger partial charge on any atom is -0.440 e. The van der Waals surface area contributed by atoms with Crippen LogP contribution in [0.2, 0.25) is 0 Å². The summed E-state index contributed by atoms with van der Waals surface area (Å²) in [5.74, 6) is 0.215. The number of ether oxygens (including phenoxy) is 2. The molecule has 3 unspecified atom stereocenters. The van der Waals surface area contributed by atoms with E-state index in [0.29, 0.717) is 13.2 Å². The van der Waals surface area contributed by atoms with Gasteiger partial charge in [0.1, 0.15) is 11.7 Å². The normalized spacial score (nSPS) is 31.5. The van der Waals surface area contributed by atoms with Crippen LogP contribution < -0.4 is 0 Å². The van der Waals surface area contributed by atoms with Crippen molar-refractivity contribution >= 4 is 22.6 Å². The summed E-state index contributed by atoms with van der Waals surface area (Å²) in [7, 11) is 0. The number of hydrogen-bond donors (Lipinski definition) is 0. The molecule has 6 rings (SSSR count). The van der Waals surface area contributed by atoms with Gasteiger partial charge in [-0.15, -0.1) is 0 Å². The van der Waals surface area contributed by atoms with Crippen LogP contribution in [-0.2, 0) is 27.7 Å². The Morgan fingerprint density at radius 3 is 2.38 bits per heavy atom. The minimum atomic E-state index is -4.38. The maximum absolute atomic E-state index is 13.4. The first-order chi connectivity index (χ1) is 17.5. The fraction of sp³-hybridized carbons (Fsp3) is 0.621. The Hall–Kier alpha value is -1.23. The van der Waals surface area contributed by atoms with Gasteiger partial charge in [-0.2, -0.15) is 13.2 Å². The van der Waals surface area contributed by atoms with Crippen LogP contribution >= 0.6 is 22.6 Å². The van der Waals surface area contributed by atoms with Crippen molar-refractivity contribution in [1.82, 2.24) is 4.98 Å². The molecule has 2 aliphatic carbocycles. The standard InChI is InChI=1S/C29H33F3INO3/c1-27(2)14-19-22(20(35)15-27)24-23(25(34-19)16-9-12-36-13-10-16)26(37-28(24)11-3-4-21(28)33)17-5-7-18(8-6-17)29(30,31)32/h5-8,16,20-21,26,35H,3-4,9-15H2,1-2H3/p+1/t20?,21?,26-,28?/m1/s1. The summed E-state index contributed by atoms with van der Waals surface area (Å²) < 4.78 is 53.0. The van der Waals surface area contributed by atoms with Gasteiger partial charge in [-0.25, -0.2) is 0 Å². The highest BCUT2D eigenvalue weighted by Gasteiger charge is 2.57. The van der Waals surface area contributed by atoms with Gasteiger partial charge in [0.25, 0.3) is 0 Å². The summed E-state index contributed by atoms with van der Waals surface area (Å²) in [5, 5.41) is 9.23. The largest absolute Gasteiger partial charge is 0.440 e. The Kier molecular flexibility index (Phi) is 6.45. The molecule has 200 valence electrons. The first-order valence-electron chi connectivity index (χ1n) is 13.4. The number of benzene rings is 1. The molecule has 2 aliphatic heterocycles. The molecule has 0 amide bonds. The molecule has 4 atom stereocenters. The van der Waals surface area contributed by atoms with Crippen molar-refractivity contribution in [1.29, 1.82) is 0 Å². The van der Waals surface area contributed by atoms with Crippen molar-refractivity contribution in [2.75, 3.05) is 13.2 Å². The lowest BCUT2D eigenvalue weighted by molar-refractivity contribution is -0.137. The fourth-order valence-corrected chi connectivity index (χ4v) is 8.34. The number of pyridine rings is 1. The van der Waals surface area contributed by atoms with Crippen molar-refractivity contribution in [3.63, 3.8) is 0 Å². The SMILES string of the molecule is CC1(C)Cc2nc(C3CCOCC3)c3c(c2C([OH2+])C1)C1(CCCC1I)O[C@@H]3c1ccc(C(F)(F)F)cc1. The monoisotopic (exact) mass is 628 g/mol. The van der Waals surface area contributed by atoms with Crippen molar-refractivity contribution in [3.8, 4) is 0 Å². The van der Waals surface area contributed by atoms with Crippen LogP contribution in [0.3, 0.4) is 0 Å². The Bertz CT molecular complexity index is 1190. The van der Waals surface area contributed by atoms with Gasteiger partial charge < -0.3 is 14.6 Å². The molecule has 37 heavy (non-hydrogen) atoms. The highest BCUT2D eigenvalue weighted by atomic mass is 127. The molecular formula is C29H34F3INO3+. The third-order valence-corrected chi connectivity index (χ3v) is 10.4.